The monoisotopic (exact) mass is 369 g/mol. The second kappa shape index (κ2) is 8.29. The van der Waals surface area contributed by atoms with Gasteiger partial charge < -0.3 is 15.0 Å². The third-order valence-corrected chi connectivity index (χ3v) is 4.66. The van der Waals surface area contributed by atoms with E-state index in [1.54, 1.807) is 6.92 Å². The number of ether oxygens (including phenoxy) is 1. The molecule has 2 aromatic rings. The summed E-state index contributed by atoms with van der Waals surface area (Å²) >= 11 is 5.25. The summed E-state index contributed by atoms with van der Waals surface area (Å²) < 4.78 is 4.87. The van der Waals surface area contributed by atoms with Crippen molar-refractivity contribution in [2.45, 2.75) is 19.4 Å². The first-order valence-electron chi connectivity index (χ1n) is 8.68. The Morgan fingerprint density at radius 1 is 1.23 bits per heavy atom. The van der Waals surface area contributed by atoms with Crippen molar-refractivity contribution in [1.82, 2.24) is 10.2 Å². The lowest BCUT2D eigenvalue weighted by Gasteiger charge is -2.34. The zero-order valence-electron chi connectivity index (χ0n) is 15.0. The predicted molar refractivity (Wildman–Crippen MR) is 107 cm³/mol. The summed E-state index contributed by atoms with van der Waals surface area (Å²) in [5.74, 6) is 0.304. The highest BCUT2D eigenvalue weighted by atomic mass is 32.1. The van der Waals surface area contributed by atoms with E-state index in [2.05, 4.69) is 52.9 Å². The molecule has 0 aliphatic carbocycles. The number of rotatable bonds is 3. The summed E-state index contributed by atoms with van der Waals surface area (Å²) in [7, 11) is 2.12. The molecular weight excluding hydrogens is 346 g/mol. The van der Waals surface area contributed by atoms with Crippen molar-refractivity contribution in [2.75, 3.05) is 25.5 Å². The minimum absolute atomic E-state index is 0.237. The number of likely N-dealkylation sites (N-methyl/N-ethyl adjacent to an activating group) is 1. The van der Waals surface area contributed by atoms with E-state index < -0.39 is 6.09 Å². The maximum Gasteiger partial charge on any atom is 0.413 e. The molecule has 0 radical (unpaired) electrons. The van der Waals surface area contributed by atoms with Crippen molar-refractivity contribution < 1.29 is 9.53 Å². The molecular formula is C20H23N3O2S. The summed E-state index contributed by atoms with van der Waals surface area (Å²) in [6.45, 7) is 3.85. The number of carbonyl (C=O) groups is 1. The van der Waals surface area contributed by atoms with Crippen LogP contribution < -0.4 is 10.6 Å². The first kappa shape index (κ1) is 18.4. The molecule has 26 heavy (non-hydrogen) atoms. The van der Waals surface area contributed by atoms with E-state index in [1.165, 1.54) is 16.7 Å². The topological polar surface area (TPSA) is 53.6 Å². The highest BCUT2D eigenvalue weighted by Crippen LogP contribution is 2.36. The van der Waals surface area contributed by atoms with E-state index in [9.17, 15) is 4.79 Å². The fourth-order valence-electron chi connectivity index (χ4n) is 3.35. The van der Waals surface area contributed by atoms with Gasteiger partial charge >= 0.3 is 6.09 Å². The smallest absolute Gasteiger partial charge is 0.413 e. The fraction of sp³-hybridized carbons (Fsp3) is 0.300. The van der Waals surface area contributed by atoms with E-state index in [0.717, 1.165) is 18.8 Å². The molecule has 6 heteroatoms. The zero-order chi connectivity index (χ0) is 18.5. The number of thiocarbonyl (C=S) groups is 1. The lowest BCUT2D eigenvalue weighted by molar-refractivity contribution is 0.158. The largest absolute Gasteiger partial charge is 0.450 e. The van der Waals surface area contributed by atoms with Crippen molar-refractivity contribution in [1.29, 1.82) is 0 Å². The lowest BCUT2D eigenvalue weighted by atomic mass is 9.84. The third-order valence-electron chi connectivity index (χ3n) is 4.45. The van der Waals surface area contributed by atoms with Crippen molar-refractivity contribution in [2.24, 2.45) is 0 Å². The molecule has 1 unspecified atom stereocenters. The molecule has 1 aliphatic rings. The van der Waals surface area contributed by atoms with Gasteiger partial charge in [-0.2, -0.15) is 0 Å². The molecule has 0 fully saturated rings. The summed E-state index contributed by atoms with van der Waals surface area (Å²) in [6.07, 6.45) is -0.547. The molecule has 1 atom stereocenters. The van der Waals surface area contributed by atoms with Crippen LogP contribution in [0, 0.1) is 0 Å². The molecule has 1 amide bonds. The van der Waals surface area contributed by atoms with Crippen molar-refractivity contribution in [3.05, 3.63) is 65.2 Å². The Kier molecular flexibility index (Phi) is 5.85. The molecule has 0 saturated carbocycles. The van der Waals surface area contributed by atoms with E-state index >= 15 is 0 Å². The average Bonchev–Trinajstić information content (AvgIpc) is 2.62. The Hall–Kier alpha value is -2.44. The zero-order valence-corrected chi connectivity index (χ0v) is 15.8. The second-order valence-electron chi connectivity index (χ2n) is 6.33. The van der Waals surface area contributed by atoms with Gasteiger partial charge in [-0.05, 0) is 48.9 Å². The first-order valence-corrected chi connectivity index (χ1v) is 9.09. The Balaban J connectivity index is 1.86. The second-order valence-corrected chi connectivity index (χ2v) is 6.74. The number of alkyl carbamates (subject to hydrolysis) is 1. The highest BCUT2D eigenvalue weighted by molar-refractivity contribution is 7.80. The number of hydrogen-bond acceptors (Lipinski definition) is 4. The normalized spacial score (nSPS) is 16.5. The van der Waals surface area contributed by atoms with Gasteiger partial charge in [0.05, 0.1) is 6.61 Å². The number of anilines is 1. The maximum atomic E-state index is 11.6. The van der Waals surface area contributed by atoms with Crippen molar-refractivity contribution >= 4 is 29.1 Å². The average molecular weight is 369 g/mol. The standard InChI is InChI=1S/C20H23N3O2S/c1-3-25-20(24)22-19(26)21-18-11-7-10-15-16(12-23(2)13-17(15)18)14-8-5-4-6-9-14/h4-11,16H,3,12-13H2,1-2H3,(H2,21,22,24,26). The lowest BCUT2D eigenvalue weighted by Crippen LogP contribution is -2.36. The number of hydrogen-bond donors (Lipinski definition) is 2. The minimum atomic E-state index is -0.547. The van der Waals surface area contributed by atoms with Gasteiger partial charge in [0.15, 0.2) is 5.11 Å². The van der Waals surface area contributed by atoms with Crippen LogP contribution in [0.5, 0.6) is 0 Å². The first-order chi connectivity index (χ1) is 12.6. The molecule has 1 heterocycles. The van der Waals surface area contributed by atoms with Crippen molar-refractivity contribution in [3.63, 3.8) is 0 Å². The number of amides is 1. The van der Waals surface area contributed by atoms with Crippen LogP contribution in [0.4, 0.5) is 10.5 Å². The van der Waals surface area contributed by atoms with Gasteiger partial charge in [-0.3, -0.25) is 5.32 Å². The summed E-state index contributed by atoms with van der Waals surface area (Å²) in [4.78, 5) is 13.9. The summed E-state index contributed by atoms with van der Waals surface area (Å²) in [5.41, 5.74) is 4.70. The van der Waals surface area contributed by atoms with Crippen LogP contribution in [-0.2, 0) is 11.3 Å². The van der Waals surface area contributed by atoms with Gasteiger partial charge in [-0.15, -0.1) is 0 Å². The van der Waals surface area contributed by atoms with Crippen LogP contribution >= 0.6 is 12.2 Å². The van der Waals surface area contributed by atoms with Gasteiger partial charge in [-0.1, -0.05) is 42.5 Å². The summed E-state index contributed by atoms with van der Waals surface area (Å²) in [5, 5.41) is 5.92. The molecule has 136 valence electrons. The number of nitrogens with zero attached hydrogens (tertiary/aromatic N) is 1. The van der Waals surface area contributed by atoms with E-state index in [1.807, 2.05) is 18.2 Å². The summed E-state index contributed by atoms with van der Waals surface area (Å²) in [6, 6.07) is 16.7. The molecule has 0 bridgehead atoms. The van der Waals surface area contributed by atoms with Crippen LogP contribution in [0.2, 0.25) is 0 Å². The SMILES string of the molecule is CCOC(=O)NC(=S)Nc1cccc2c1CN(C)CC2c1ccccc1. The quantitative estimate of drug-likeness (QED) is 0.808. The molecule has 2 N–H and O–H groups in total. The Morgan fingerprint density at radius 3 is 2.73 bits per heavy atom. The van der Waals surface area contributed by atoms with E-state index in [4.69, 9.17) is 17.0 Å². The number of carbonyl (C=O) groups excluding carboxylic acids is 1. The molecule has 3 rings (SSSR count). The Morgan fingerprint density at radius 2 is 2.00 bits per heavy atom. The van der Waals surface area contributed by atoms with E-state index in [-0.39, 0.29) is 5.11 Å². The van der Waals surface area contributed by atoms with Crippen LogP contribution in [0.3, 0.4) is 0 Å². The number of nitrogens with one attached hydrogen (secondary N) is 2. The van der Waals surface area contributed by atoms with Gasteiger partial charge in [-0.25, -0.2) is 4.79 Å². The molecule has 0 spiro atoms. The maximum absolute atomic E-state index is 11.6. The van der Waals surface area contributed by atoms with Crippen molar-refractivity contribution in [3.8, 4) is 0 Å². The molecule has 5 nitrogen and oxygen atoms in total. The molecule has 0 aromatic heterocycles. The van der Waals surface area contributed by atoms with Crippen LogP contribution in [0.15, 0.2) is 48.5 Å². The van der Waals surface area contributed by atoms with Gasteiger partial charge in [0.2, 0.25) is 0 Å². The Labute approximate surface area is 159 Å². The van der Waals surface area contributed by atoms with Crippen LogP contribution in [-0.4, -0.2) is 36.3 Å². The molecule has 0 saturated heterocycles. The van der Waals surface area contributed by atoms with Gasteiger partial charge in [0.1, 0.15) is 0 Å². The van der Waals surface area contributed by atoms with Crippen LogP contribution in [0.25, 0.3) is 0 Å². The fourth-order valence-corrected chi connectivity index (χ4v) is 3.55. The highest BCUT2D eigenvalue weighted by Gasteiger charge is 2.26. The molecule has 2 aromatic carbocycles. The third kappa shape index (κ3) is 4.20. The predicted octanol–water partition coefficient (Wildman–Crippen LogP) is 3.71. The van der Waals surface area contributed by atoms with Crippen LogP contribution in [0.1, 0.15) is 29.5 Å². The number of benzene rings is 2. The van der Waals surface area contributed by atoms with E-state index in [0.29, 0.717) is 12.5 Å². The number of fused-ring (bicyclic) bond motifs is 1. The van der Waals surface area contributed by atoms with Gasteiger partial charge in [0.25, 0.3) is 0 Å². The Bertz CT molecular complexity index is 795. The molecule has 1 aliphatic heterocycles. The van der Waals surface area contributed by atoms with Gasteiger partial charge in [0, 0.05) is 24.7 Å². The minimum Gasteiger partial charge on any atom is -0.450 e.